The van der Waals surface area contributed by atoms with Crippen molar-refractivity contribution in [2.24, 2.45) is 5.92 Å². The van der Waals surface area contributed by atoms with Crippen LogP contribution in [0.4, 0.5) is 4.79 Å². The minimum absolute atomic E-state index is 0.0118. The van der Waals surface area contributed by atoms with Crippen LogP contribution >= 0.6 is 0 Å². The average Bonchev–Trinajstić information content (AvgIpc) is 3.52. The third-order valence-electron chi connectivity index (χ3n) is 8.85. The van der Waals surface area contributed by atoms with Gasteiger partial charge in [0.1, 0.15) is 12.1 Å². The van der Waals surface area contributed by atoms with E-state index in [1.807, 2.05) is 58.2 Å². The fraction of sp³-hybridized carbons (Fsp3) is 0.438. The molecule has 0 saturated carbocycles. The Balaban J connectivity index is 1.40. The van der Waals surface area contributed by atoms with Gasteiger partial charge in [-0.3, -0.25) is 4.79 Å². The molecule has 0 bridgehead atoms. The topological polar surface area (TPSA) is 72.8 Å². The number of hydrogen-bond donors (Lipinski definition) is 1. The van der Waals surface area contributed by atoms with Gasteiger partial charge in [0.05, 0.1) is 17.8 Å². The van der Waals surface area contributed by atoms with Gasteiger partial charge < -0.3 is 19.8 Å². The first-order valence-corrected chi connectivity index (χ1v) is 18.1. The number of ether oxygens (including phenoxy) is 1. The highest BCUT2D eigenvalue weighted by molar-refractivity contribution is 6.76. The van der Waals surface area contributed by atoms with E-state index >= 15 is 0 Å². The standard InChI is InChI=1S/C32H39N3O4Si/c1-22-27-19-24-13-10-16-34(24)30(36)32(27,33-31(37)38-17-18-40(2,3)4)20-26-25-14-8-9-15-28(25)35(29(22)26)39-21-23-11-6-5-7-12-23/h5-9,11-12,14-15,24,27H,1,10,13,16-21H2,2-4H3,(H,33,37)/t24-,27-,32+/m0/s1. The van der Waals surface area contributed by atoms with E-state index in [0.717, 1.165) is 65.1 Å². The van der Waals surface area contributed by atoms with Crippen molar-refractivity contribution in [3.63, 3.8) is 0 Å². The molecule has 2 aliphatic heterocycles. The molecule has 3 aliphatic rings. The number of nitrogens with zero attached hydrogens (tertiary/aromatic N) is 2. The highest BCUT2D eigenvalue weighted by Gasteiger charge is 2.59. The second-order valence-electron chi connectivity index (χ2n) is 12.7. The summed E-state index contributed by atoms with van der Waals surface area (Å²) in [5.41, 5.74) is 3.62. The van der Waals surface area contributed by atoms with Gasteiger partial charge in [-0.25, -0.2) is 4.79 Å². The lowest BCUT2D eigenvalue weighted by Crippen LogP contribution is -2.70. The molecule has 6 rings (SSSR count). The number of alkyl carbamates (subject to hydrolysis) is 1. The van der Waals surface area contributed by atoms with Crippen LogP contribution in [0.15, 0.2) is 61.2 Å². The third-order valence-corrected chi connectivity index (χ3v) is 10.6. The summed E-state index contributed by atoms with van der Waals surface area (Å²) in [6, 6.07) is 19.2. The molecule has 1 aliphatic carbocycles. The Bertz CT molecular complexity index is 1460. The van der Waals surface area contributed by atoms with Crippen molar-refractivity contribution in [1.29, 1.82) is 0 Å². The molecule has 1 aromatic heterocycles. The monoisotopic (exact) mass is 557 g/mol. The molecule has 2 fully saturated rings. The van der Waals surface area contributed by atoms with Crippen LogP contribution in [0, 0.1) is 5.92 Å². The second-order valence-corrected chi connectivity index (χ2v) is 18.3. The Morgan fingerprint density at radius 3 is 2.65 bits per heavy atom. The predicted molar refractivity (Wildman–Crippen MR) is 160 cm³/mol. The number of nitrogens with one attached hydrogen (secondary N) is 1. The lowest BCUT2D eigenvalue weighted by molar-refractivity contribution is -0.145. The Labute approximate surface area is 237 Å². The maximum Gasteiger partial charge on any atom is 0.408 e. The largest absolute Gasteiger partial charge is 0.450 e. The Kier molecular flexibility index (Phi) is 6.77. The number of carbonyl (C=O) groups excluding carboxylic acids is 2. The van der Waals surface area contributed by atoms with Gasteiger partial charge in [0.2, 0.25) is 5.91 Å². The van der Waals surface area contributed by atoms with Crippen molar-refractivity contribution < 1.29 is 19.2 Å². The van der Waals surface area contributed by atoms with Gasteiger partial charge >= 0.3 is 6.09 Å². The van der Waals surface area contributed by atoms with Crippen LogP contribution in [0.5, 0.6) is 0 Å². The van der Waals surface area contributed by atoms with Crippen LogP contribution in [-0.4, -0.2) is 54.4 Å². The number of aromatic nitrogens is 1. The predicted octanol–water partition coefficient (Wildman–Crippen LogP) is 5.65. The molecule has 3 heterocycles. The van der Waals surface area contributed by atoms with E-state index in [4.69, 9.17) is 9.57 Å². The number of amides is 2. The summed E-state index contributed by atoms with van der Waals surface area (Å²) in [6.07, 6.45) is 2.58. The van der Waals surface area contributed by atoms with Gasteiger partial charge in [-0.2, -0.15) is 4.73 Å². The van der Waals surface area contributed by atoms with Gasteiger partial charge in [0.25, 0.3) is 0 Å². The molecule has 8 heteroatoms. The van der Waals surface area contributed by atoms with Gasteiger partial charge in [-0.15, -0.1) is 0 Å². The summed E-state index contributed by atoms with van der Waals surface area (Å²) in [6.45, 7) is 12.8. The molecule has 3 atom stereocenters. The van der Waals surface area contributed by atoms with Crippen molar-refractivity contribution in [1.82, 2.24) is 14.9 Å². The molecule has 0 unspecified atom stereocenters. The van der Waals surface area contributed by atoms with Crippen molar-refractivity contribution >= 4 is 36.6 Å². The molecule has 7 nitrogen and oxygen atoms in total. The molecule has 40 heavy (non-hydrogen) atoms. The highest BCUT2D eigenvalue weighted by atomic mass is 28.3. The number of carbonyl (C=O) groups is 2. The van der Waals surface area contributed by atoms with E-state index in [1.165, 1.54) is 0 Å². The van der Waals surface area contributed by atoms with Gasteiger partial charge in [0.15, 0.2) is 0 Å². The van der Waals surface area contributed by atoms with Crippen LogP contribution in [0.25, 0.3) is 16.5 Å². The van der Waals surface area contributed by atoms with Gasteiger partial charge in [-0.05, 0) is 48.1 Å². The molecule has 1 N–H and O–H groups in total. The lowest BCUT2D eigenvalue weighted by atomic mass is 9.64. The van der Waals surface area contributed by atoms with Gasteiger partial charge in [0, 0.05) is 38.4 Å². The maximum absolute atomic E-state index is 14.3. The Morgan fingerprint density at radius 1 is 1.12 bits per heavy atom. The van der Waals surface area contributed by atoms with Crippen LogP contribution in [0.2, 0.25) is 25.7 Å². The maximum atomic E-state index is 14.3. The number of fused-ring (bicyclic) bond motifs is 5. The molecule has 3 aromatic rings. The Hall–Kier alpha value is -3.52. The lowest BCUT2D eigenvalue weighted by Gasteiger charge is -2.51. The van der Waals surface area contributed by atoms with Crippen molar-refractivity contribution in [2.75, 3.05) is 13.2 Å². The van der Waals surface area contributed by atoms with E-state index in [1.54, 1.807) is 0 Å². The average molecular weight is 558 g/mol. The third kappa shape index (κ3) is 4.62. The molecule has 2 aromatic carbocycles. The summed E-state index contributed by atoms with van der Waals surface area (Å²) in [4.78, 5) is 36.1. The number of piperidine rings is 1. The molecule has 0 spiro atoms. The summed E-state index contributed by atoms with van der Waals surface area (Å²) in [5.74, 6) is -0.262. The molecule has 0 radical (unpaired) electrons. The minimum Gasteiger partial charge on any atom is -0.450 e. The van der Waals surface area contributed by atoms with Crippen LogP contribution in [0.1, 0.15) is 36.1 Å². The number of rotatable bonds is 7. The van der Waals surface area contributed by atoms with Gasteiger partial charge in [-0.1, -0.05) is 74.8 Å². The first kappa shape index (κ1) is 26.7. The van der Waals surface area contributed by atoms with E-state index in [9.17, 15) is 9.59 Å². The molecule has 2 saturated heterocycles. The fourth-order valence-electron chi connectivity index (χ4n) is 6.79. The summed E-state index contributed by atoms with van der Waals surface area (Å²) < 4.78 is 7.59. The van der Waals surface area contributed by atoms with E-state index in [0.29, 0.717) is 19.6 Å². The zero-order valence-corrected chi connectivity index (χ0v) is 24.7. The molecule has 210 valence electrons. The van der Waals surface area contributed by atoms with Crippen molar-refractivity contribution in [2.45, 2.75) is 69.6 Å². The number of para-hydroxylation sites is 1. The summed E-state index contributed by atoms with van der Waals surface area (Å²) in [5, 5.41) is 4.15. The van der Waals surface area contributed by atoms with Crippen LogP contribution in [-0.2, 0) is 22.6 Å². The second kappa shape index (κ2) is 10.1. The number of hydrogen-bond acceptors (Lipinski definition) is 4. The van der Waals surface area contributed by atoms with Crippen molar-refractivity contribution in [3.05, 3.63) is 78.0 Å². The first-order valence-electron chi connectivity index (χ1n) is 14.4. The van der Waals surface area contributed by atoms with Crippen LogP contribution < -0.4 is 10.2 Å². The molecule has 2 amide bonds. The molecular formula is C32H39N3O4Si. The number of benzene rings is 2. The van der Waals surface area contributed by atoms with E-state index < -0.39 is 19.7 Å². The SMILES string of the molecule is C=C1c2c(c3ccccc3n2OCc2ccccc2)C[C@]2(NC(=O)OCC[Si](C)(C)C)C(=O)N3CCC[C@H]3C[C@@H]12. The quantitative estimate of drug-likeness (QED) is 0.381. The van der Waals surface area contributed by atoms with E-state index in [2.05, 4.69) is 37.6 Å². The zero-order valence-electron chi connectivity index (χ0n) is 23.7. The zero-order chi connectivity index (χ0) is 28.1. The summed E-state index contributed by atoms with van der Waals surface area (Å²) >= 11 is 0. The summed E-state index contributed by atoms with van der Waals surface area (Å²) in [7, 11) is -1.37. The normalized spacial score (nSPS) is 23.9. The smallest absolute Gasteiger partial charge is 0.408 e. The van der Waals surface area contributed by atoms with E-state index in [-0.39, 0.29) is 17.9 Å². The van der Waals surface area contributed by atoms with Crippen molar-refractivity contribution in [3.8, 4) is 0 Å². The Morgan fingerprint density at radius 2 is 1.88 bits per heavy atom. The first-order chi connectivity index (χ1) is 19.2. The fourth-order valence-corrected chi connectivity index (χ4v) is 7.50. The molecular weight excluding hydrogens is 518 g/mol. The van der Waals surface area contributed by atoms with Crippen LogP contribution in [0.3, 0.4) is 0 Å². The highest BCUT2D eigenvalue weighted by Crippen LogP contribution is 2.51. The minimum atomic E-state index is -1.37.